The highest BCUT2D eigenvalue weighted by atomic mass is 79.9. The number of nitrogens with zero attached hydrogens (tertiary/aromatic N) is 3. The van der Waals surface area contributed by atoms with Gasteiger partial charge in [-0.05, 0) is 42.5 Å². The van der Waals surface area contributed by atoms with E-state index in [1.807, 2.05) is 6.20 Å². The Labute approximate surface area is 125 Å². The van der Waals surface area contributed by atoms with Crippen molar-refractivity contribution in [3.8, 4) is 0 Å². The molecular weight excluding hydrogens is 304 g/mol. The molecule has 1 heterocycles. The first-order chi connectivity index (χ1) is 9.01. The summed E-state index contributed by atoms with van der Waals surface area (Å²) in [7, 11) is 4.18. The van der Waals surface area contributed by atoms with Gasteiger partial charge in [-0.15, -0.1) is 0 Å². The summed E-state index contributed by atoms with van der Waals surface area (Å²) in [5.41, 5.74) is 1.28. The van der Waals surface area contributed by atoms with Crippen molar-refractivity contribution >= 4 is 15.9 Å². The van der Waals surface area contributed by atoms with Crippen molar-refractivity contribution in [2.45, 2.75) is 39.8 Å². The number of likely N-dealkylation sites (N-methyl/N-ethyl adjacent to an activating group) is 1. The van der Waals surface area contributed by atoms with Crippen molar-refractivity contribution < 1.29 is 0 Å². The molecule has 0 aliphatic heterocycles. The molecule has 0 spiro atoms. The third-order valence-corrected chi connectivity index (χ3v) is 4.13. The van der Waals surface area contributed by atoms with Gasteiger partial charge in [0.1, 0.15) is 0 Å². The van der Waals surface area contributed by atoms with Gasteiger partial charge < -0.3 is 10.2 Å². The third-order valence-electron chi connectivity index (χ3n) is 3.52. The molecule has 0 amide bonds. The van der Waals surface area contributed by atoms with E-state index in [0.29, 0.717) is 12.0 Å². The van der Waals surface area contributed by atoms with Gasteiger partial charge in [0.05, 0.1) is 29.0 Å². The number of hydrogen-bond acceptors (Lipinski definition) is 3. The molecule has 2 atom stereocenters. The molecule has 0 fully saturated rings. The Bertz CT molecular complexity index is 376. The minimum atomic E-state index is 0.356. The first-order valence-electron chi connectivity index (χ1n) is 7.10. The van der Waals surface area contributed by atoms with Gasteiger partial charge in [-0.25, -0.2) is 0 Å². The van der Waals surface area contributed by atoms with Crippen LogP contribution in [0, 0.1) is 5.92 Å². The fourth-order valence-electron chi connectivity index (χ4n) is 2.18. The minimum absolute atomic E-state index is 0.356. The van der Waals surface area contributed by atoms with Gasteiger partial charge in [-0.1, -0.05) is 27.2 Å². The van der Waals surface area contributed by atoms with E-state index < -0.39 is 0 Å². The van der Waals surface area contributed by atoms with Gasteiger partial charge in [0, 0.05) is 6.54 Å². The number of nitrogens with one attached hydrogen (secondary N) is 1. The Kier molecular flexibility index (Phi) is 7.04. The topological polar surface area (TPSA) is 33.1 Å². The van der Waals surface area contributed by atoms with Gasteiger partial charge in [0.2, 0.25) is 0 Å². The summed E-state index contributed by atoms with van der Waals surface area (Å²) in [6.07, 6.45) is 3.07. The highest BCUT2D eigenvalue weighted by Gasteiger charge is 2.23. The monoisotopic (exact) mass is 330 g/mol. The second-order valence-corrected chi connectivity index (χ2v) is 6.18. The molecule has 1 rings (SSSR count). The zero-order valence-corrected chi connectivity index (χ0v) is 14.4. The summed E-state index contributed by atoms with van der Waals surface area (Å²) in [5.74, 6) is 0.589. The standard InChI is InChI=1S/C14H27BrN4/c1-6-11(3)13(16-7-2)14-12(15)10-17-19(14)9-8-18(4)5/h10-11,13,16H,6-9H2,1-5H3. The zero-order chi connectivity index (χ0) is 14.4. The maximum Gasteiger partial charge on any atom is 0.0698 e. The lowest BCUT2D eigenvalue weighted by molar-refractivity contribution is 0.333. The molecule has 0 bridgehead atoms. The molecule has 0 aliphatic rings. The Hall–Kier alpha value is -0.390. The maximum atomic E-state index is 4.51. The molecule has 4 nitrogen and oxygen atoms in total. The first-order valence-corrected chi connectivity index (χ1v) is 7.89. The normalized spacial score (nSPS) is 14.9. The number of halogens is 1. The van der Waals surface area contributed by atoms with E-state index in [0.717, 1.165) is 30.5 Å². The first kappa shape index (κ1) is 16.7. The van der Waals surface area contributed by atoms with Crippen molar-refractivity contribution in [2.24, 2.45) is 5.92 Å². The molecule has 0 aliphatic carbocycles. The van der Waals surface area contributed by atoms with Gasteiger partial charge in [-0.2, -0.15) is 5.10 Å². The van der Waals surface area contributed by atoms with Crippen LogP contribution in [0.3, 0.4) is 0 Å². The van der Waals surface area contributed by atoms with Crippen molar-refractivity contribution in [1.82, 2.24) is 20.0 Å². The van der Waals surface area contributed by atoms with Crippen molar-refractivity contribution in [2.75, 3.05) is 27.2 Å². The smallest absolute Gasteiger partial charge is 0.0698 e. The third kappa shape index (κ3) is 4.58. The summed E-state index contributed by atoms with van der Waals surface area (Å²) in [4.78, 5) is 2.19. The molecule has 1 N–H and O–H groups in total. The fourth-order valence-corrected chi connectivity index (χ4v) is 2.72. The van der Waals surface area contributed by atoms with Gasteiger partial charge in [0.25, 0.3) is 0 Å². The summed E-state index contributed by atoms with van der Waals surface area (Å²) >= 11 is 3.66. The number of aromatic nitrogens is 2. The highest BCUT2D eigenvalue weighted by Crippen LogP contribution is 2.30. The summed E-state index contributed by atoms with van der Waals surface area (Å²) in [6, 6.07) is 0.356. The SMILES string of the molecule is CCNC(c1c(Br)cnn1CCN(C)C)C(C)CC. The highest BCUT2D eigenvalue weighted by molar-refractivity contribution is 9.10. The quantitative estimate of drug-likeness (QED) is 0.795. The van der Waals surface area contributed by atoms with Crippen LogP contribution < -0.4 is 5.32 Å². The van der Waals surface area contributed by atoms with Crippen LogP contribution in [0.15, 0.2) is 10.7 Å². The van der Waals surface area contributed by atoms with Crippen molar-refractivity contribution in [3.05, 3.63) is 16.4 Å². The van der Waals surface area contributed by atoms with Crippen LogP contribution in [0.4, 0.5) is 0 Å². The van der Waals surface area contributed by atoms with E-state index >= 15 is 0 Å². The van der Waals surface area contributed by atoms with Crippen LogP contribution in [0.1, 0.15) is 38.9 Å². The van der Waals surface area contributed by atoms with Crippen LogP contribution in [0.2, 0.25) is 0 Å². The Balaban J connectivity index is 2.96. The lowest BCUT2D eigenvalue weighted by atomic mass is 9.96. The molecule has 0 radical (unpaired) electrons. The average Bonchev–Trinajstić information content (AvgIpc) is 2.74. The van der Waals surface area contributed by atoms with Gasteiger partial charge in [0.15, 0.2) is 0 Å². The fraction of sp³-hybridized carbons (Fsp3) is 0.786. The molecule has 2 unspecified atom stereocenters. The summed E-state index contributed by atoms with van der Waals surface area (Å²) < 4.78 is 3.24. The van der Waals surface area contributed by atoms with E-state index in [-0.39, 0.29) is 0 Å². The van der Waals surface area contributed by atoms with Crippen LogP contribution in [0.5, 0.6) is 0 Å². The molecule has 19 heavy (non-hydrogen) atoms. The van der Waals surface area contributed by atoms with Crippen LogP contribution >= 0.6 is 15.9 Å². The van der Waals surface area contributed by atoms with Crippen molar-refractivity contribution in [3.63, 3.8) is 0 Å². The molecule has 0 saturated carbocycles. The zero-order valence-electron chi connectivity index (χ0n) is 12.8. The van der Waals surface area contributed by atoms with E-state index in [1.54, 1.807) is 0 Å². The Morgan fingerprint density at radius 1 is 1.42 bits per heavy atom. The molecular formula is C14H27BrN4. The van der Waals surface area contributed by atoms with E-state index in [2.05, 4.69) is 70.8 Å². The largest absolute Gasteiger partial charge is 0.309 e. The lowest BCUT2D eigenvalue weighted by Gasteiger charge is -2.26. The Morgan fingerprint density at radius 3 is 2.63 bits per heavy atom. The summed E-state index contributed by atoms with van der Waals surface area (Å²) in [6.45, 7) is 9.59. The second kappa shape index (κ2) is 8.02. The molecule has 0 aromatic carbocycles. The molecule has 0 saturated heterocycles. The van der Waals surface area contributed by atoms with E-state index in [9.17, 15) is 0 Å². The predicted molar refractivity (Wildman–Crippen MR) is 84.4 cm³/mol. The number of rotatable bonds is 8. The molecule has 5 heteroatoms. The van der Waals surface area contributed by atoms with E-state index in [1.165, 1.54) is 5.69 Å². The lowest BCUT2D eigenvalue weighted by Crippen LogP contribution is -2.30. The number of hydrogen-bond donors (Lipinski definition) is 1. The van der Waals surface area contributed by atoms with Gasteiger partial charge >= 0.3 is 0 Å². The average molecular weight is 331 g/mol. The molecule has 1 aromatic heterocycles. The minimum Gasteiger partial charge on any atom is -0.309 e. The van der Waals surface area contributed by atoms with E-state index in [4.69, 9.17) is 0 Å². The molecule has 1 aromatic rings. The Morgan fingerprint density at radius 2 is 2.11 bits per heavy atom. The van der Waals surface area contributed by atoms with Crippen LogP contribution in [-0.4, -0.2) is 41.9 Å². The summed E-state index contributed by atoms with van der Waals surface area (Å²) in [5, 5.41) is 8.11. The second-order valence-electron chi connectivity index (χ2n) is 5.33. The van der Waals surface area contributed by atoms with Gasteiger partial charge in [-0.3, -0.25) is 4.68 Å². The maximum absolute atomic E-state index is 4.51. The van der Waals surface area contributed by atoms with Crippen molar-refractivity contribution in [1.29, 1.82) is 0 Å². The molecule has 110 valence electrons. The predicted octanol–water partition coefficient (Wildman–Crippen LogP) is 2.90. The van der Waals surface area contributed by atoms with Crippen LogP contribution in [0.25, 0.3) is 0 Å². The van der Waals surface area contributed by atoms with Crippen LogP contribution in [-0.2, 0) is 6.54 Å².